The smallest absolute Gasteiger partial charge is 0.420 e. The van der Waals surface area contributed by atoms with Crippen molar-refractivity contribution < 1.29 is 45.7 Å². The van der Waals surface area contributed by atoms with E-state index in [-0.39, 0.29) is 43.2 Å². The molecule has 4 rings (SSSR count). The van der Waals surface area contributed by atoms with Crippen molar-refractivity contribution in [3.8, 4) is 5.75 Å². The number of morpholine rings is 1. The number of nitrogens with zero attached hydrogens (tertiary/aromatic N) is 1. The van der Waals surface area contributed by atoms with Crippen LogP contribution in [0.2, 0.25) is 0 Å². The third kappa shape index (κ3) is 6.42. The van der Waals surface area contributed by atoms with Gasteiger partial charge in [0, 0.05) is 19.6 Å². The Labute approximate surface area is 204 Å². The van der Waals surface area contributed by atoms with Crippen molar-refractivity contribution in [3.63, 3.8) is 0 Å². The molecule has 36 heavy (non-hydrogen) atoms. The number of ether oxygens (including phenoxy) is 2. The van der Waals surface area contributed by atoms with E-state index in [2.05, 4.69) is 0 Å². The molecular weight excluding hydrogens is 492 g/mol. The number of rotatable bonds is 6. The highest BCUT2D eigenvalue weighted by Gasteiger charge is 2.42. The topological polar surface area (TPSA) is 59.0 Å². The number of carboxylic acid groups (broad SMARTS) is 1. The summed E-state index contributed by atoms with van der Waals surface area (Å²) >= 11 is 0. The molecule has 2 fully saturated rings. The van der Waals surface area contributed by atoms with Crippen molar-refractivity contribution in [3.05, 3.63) is 41.5 Å². The molecule has 0 amide bonds. The van der Waals surface area contributed by atoms with Crippen LogP contribution in [-0.4, -0.2) is 54.1 Å². The first kappa shape index (κ1) is 26.5. The van der Waals surface area contributed by atoms with Crippen LogP contribution < -0.4 is 4.74 Å². The Morgan fingerprint density at radius 3 is 2.42 bits per heavy atom. The van der Waals surface area contributed by atoms with Crippen LogP contribution in [0.1, 0.15) is 43.2 Å². The van der Waals surface area contributed by atoms with E-state index in [1.54, 1.807) is 12.1 Å². The molecule has 2 aliphatic rings. The molecule has 0 bridgehead atoms. The SMILES string of the molecule is O=C(O)C[C@H]1CN(Cc2ccc3c(C(F)(F)F)c(O[C@H]4CC[C@@H](C(F)(F)F)CC4)ccc3c2)CCO1. The van der Waals surface area contributed by atoms with Crippen LogP contribution in [0.3, 0.4) is 0 Å². The van der Waals surface area contributed by atoms with Gasteiger partial charge >= 0.3 is 18.3 Å². The van der Waals surface area contributed by atoms with Crippen molar-refractivity contribution in [2.75, 3.05) is 19.7 Å². The zero-order chi connectivity index (χ0) is 26.1. The van der Waals surface area contributed by atoms with Gasteiger partial charge in [0.1, 0.15) is 11.3 Å². The zero-order valence-corrected chi connectivity index (χ0v) is 19.4. The van der Waals surface area contributed by atoms with Crippen LogP contribution in [-0.2, 0) is 22.3 Å². The summed E-state index contributed by atoms with van der Waals surface area (Å²) in [6.07, 6.45) is -10.5. The van der Waals surface area contributed by atoms with Crippen molar-refractivity contribution in [1.29, 1.82) is 0 Å². The van der Waals surface area contributed by atoms with Gasteiger partial charge in [-0.1, -0.05) is 18.2 Å². The minimum atomic E-state index is -4.71. The predicted octanol–water partition coefficient (Wildman–Crippen LogP) is 6.03. The van der Waals surface area contributed by atoms with E-state index in [1.807, 2.05) is 4.90 Å². The quantitative estimate of drug-likeness (QED) is 0.472. The molecule has 2 aromatic rings. The fraction of sp³-hybridized carbons (Fsp3) is 0.560. The number of alkyl halides is 6. The lowest BCUT2D eigenvalue weighted by Crippen LogP contribution is -2.42. The molecule has 5 nitrogen and oxygen atoms in total. The second kappa shape index (κ2) is 10.5. The molecule has 11 heteroatoms. The van der Waals surface area contributed by atoms with E-state index in [0.29, 0.717) is 31.6 Å². The van der Waals surface area contributed by atoms with Gasteiger partial charge in [0.15, 0.2) is 0 Å². The van der Waals surface area contributed by atoms with E-state index in [0.717, 1.165) is 5.56 Å². The van der Waals surface area contributed by atoms with Crippen LogP contribution in [0.5, 0.6) is 5.75 Å². The maximum absolute atomic E-state index is 14.1. The molecule has 0 radical (unpaired) electrons. The van der Waals surface area contributed by atoms with Gasteiger partial charge < -0.3 is 14.6 Å². The molecule has 0 aromatic heterocycles. The first-order valence-corrected chi connectivity index (χ1v) is 11.8. The Hall–Kier alpha value is -2.53. The molecule has 0 spiro atoms. The van der Waals surface area contributed by atoms with Gasteiger partial charge in [0.2, 0.25) is 0 Å². The highest BCUT2D eigenvalue weighted by molar-refractivity contribution is 5.89. The molecule has 1 atom stereocenters. The maximum Gasteiger partial charge on any atom is 0.420 e. The molecular formula is C25H27F6NO4. The maximum atomic E-state index is 14.1. The molecule has 2 aromatic carbocycles. The largest absolute Gasteiger partial charge is 0.490 e. The molecule has 1 heterocycles. The Bertz CT molecular complexity index is 1080. The monoisotopic (exact) mass is 519 g/mol. The van der Waals surface area contributed by atoms with E-state index in [4.69, 9.17) is 14.6 Å². The second-order valence-corrected chi connectivity index (χ2v) is 9.45. The number of fused-ring (bicyclic) bond motifs is 1. The van der Waals surface area contributed by atoms with E-state index < -0.39 is 42.0 Å². The highest BCUT2D eigenvalue weighted by atomic mass is 19.4. The fourth-order valence-corrected chi connectivity index (χ4v) is 5.04. The lowest BCUT2D eigenvalue weighted by Gasteiger charge is -2.32. The van der Waals surface area contributed by atoms with Gasteiger partial charge in [-0.15, -0.1) is 0 Å². The first-order valence-electron chi connectivity index (χ1n) is 11.8. The van der Waals surface area contributed by atoms with Gasteiger partial charge in [0.25, 0.3) is 0 Å². The standard InChI is InChI=1S/C25H27F6NO4/c26-24(27,28)17-3-5-18(6-4-17)36-21-8-2-16-11-15(1-7-20(16)23(21)25(29,30)31)13-32-9-10-35-19(14-32)12-22(33)34/h1-2,7-8,11,17-19H,3-6,9-10,12-14H2,(H,33,34)/t17-,18+,19-/m0/s1. The summed E-state index contributed by atoms with van der Waals surface area (Å²) in [5, 5.41) is 9.30. The summed E-state index contributed by atoms with van der Waals surface area (Å²) in [4.78, 5) is 13.0. The predicted molar refractivity (Wildman–Crippen MR) is 119 cm³/mol. The van der Waals surface area contributed by atoms with Crippen LogP contribution in [0.25, 0.3) is 10.8 Å². The molecule has 198 valence electrons. The summed E-state index contributed by atoms with van der Waals surface area (Å²) in [6, 6.07) is 7.40. The van der Waals surface area contributed by atoms with Crippen molar-refractivity contribution >= 4 is 16.7 Å². The Morgan fingerprint density at radius 2 is 1.78 bits per heavy atom. The first-order chi connectivity index (χ1) is 16.9. The summed E-state index contributed by atoms with van der Waals surface area (Å²) < 4.78 is 92.1. The van der Waals surface area contributed by atoms with Crippen molar-refractivity contribution in [2.45, 2.75) is 63.2 Å². The normalized spacial score (nSPS) is 24.1. The molecule has 0 unspecified atom stereocenters. The fourth-order valence-electron chi connectivity index (χ4n) is 5.04. The number of aliphatic carboxylic acids is 1. The minimum Gasteiger partial charge on any atom is -0.490 e. The van der Waals surface area contributed by atoms with Gasteiger partial charge in [0.05, 0.1) is 31.2 Å². The Kier molecular flexibility index (Phi) is 7.70. The number of hydrogen-bond donors (Lipinski definition) is 1. The number of hydrogen-bond acceptors (Lipinski definition) is 4. The Balaban J connectivity index is 1.51. The van der Waals surface area contributed by atoms with Crippen molar-refractivity contribution in [1.82, 2.24) is 4.90 Å². The van der Waals surface area contributed by atoms with Gasteiger partial charge in [-0.2, -0.15) is 26.3 Å². The molecule has 1 saturated heterocycles. The lowest BCUT2D eigenvalue weighted by atomic mass is 9.87. The third-order valence-corrected chi connectivity index (χ3v) is 6.79. The number of carboxylic acids is 1. The molecule has 1 aliphatic carbocycles. The van der Waals surface area contributed by atoms with Gasteiger partial charge in [-0.3, -0.25) is 9.69 Å². The molecule has 1 aliphatic heterocycles. The van der Waals surface area contributed by atoms with Crippen molar-refractivity contribution in [2.24, 2.45) is 5.92 Å². The molecule has 1 saturated carbocycles. The minimum absolute atomic E-state index is 0.0425. The lowest BCUT2D eigenvalue weighted by molar-refractivity contribution is -0.185. The van der Waals surface area contributed by atoms with Gasteiger partial charge in [-0.05, 0) is 54.2 Å². The van der Waals surface area contributed by atoms with E-state index >= 15 is 0 Å². The second-order valence-electron chi connectivity index (χ2n) is 9.45. The number of carbonyl (C=O) groups is 1. The van der Waals surface area contributed by atoms with E-state index in [9.17, 15) is 31.1 Å². The van der Waals surface area contributed by atoms with Crippen LogP contribution in [0.15, 0.2) is 30.3 Å². The van der Waals surface area contributed by atoms with Gasteiger partial charge in [-0.25, -0.2) is 0 Å². The molecule has 1 N–H and O–H groups in total. The summed E-state index contributed by atoms with van der Waals surface area (Å²) in [5.41, 5.74) is -0.164. The van der Waals surface area contributed by atoms with Crippen LogP contribution in [0.4, 0.5) is 26.3 Å². The third-order valence-electron chi connectivity index (χ3n) is 6.79. The number of halogens is 6. The van der Waals surface area contributed by atoms with Crippen LogP contribution >= 0.6 is 0 Å². The van der Waals surface area contributed by atoms with E-state index in [1.165, 1.54) is 18.2 Å². The zero-order valence-electron chi connectivity index (χ0n) is 19.4. The summed E-state index contributed by atoms with van der Waals surface area (Å²) in [5.74, 6) is -2.78. The average molecular weight is 519 g/mol. The van der Waals surface area contributed by atoms with Crippen LogP contribution in [0, 0.1) is 5.92 Å². The highest BCUT2D eigenvalue weighted by Crippen LogP contribution is 2.44. The number of benzene rings is 2. The Morgan fingerprint density at radius 1 is 1.06 bits per heavy atom. The summed E-state index contributed by atoms with van der Waals surface area (Å²) in [6.45, 7) is 1.78. The average Bonchev–Trinajstić information content (AvgIpc) is 2.78. The summed E-state index contributed by atoms with van der Waals surface area (Å²) in [7, 11) is 0.